The number of hydrogen-bond acceptors (Lipinski definition) is 2. The molecule has 98 valence electrons. The fourth-order valence-electron chi connectivity index (χ4n) is 3.22. The van der Waals surface area contributed by atoms with E-state index in [0.717, 1.165) is 19.5 Å². The molecule has 3 heteroatoms. The minimum Gasteiger partial charge on any atom is -0.339 e. The maximum absolute atomic E-state index is 12.6. The Balaban J connectivity index is 2.07. The van der Waals surface area contributed by atoms with Crippen molar-refractivity contribution in [2.75, 3.05) is 13.1 Å². The second kappa shape index (κ2) is 4.97. The van der Waals surface area contributed by atoms with E-state index in [2.05, 4.69) is 31.0 Å². The molecule has 0 bridgehead atoms. The van der Waals surface area contributed by atoms with Crippen LogP contribution >= 0.6 is 0 Å². The van der Waals surface area contributed by atoms with Gasteiger partial charge in [-0.15, -0.1) is 0 Å². The zero-order chi connectivity index (χ0) is 12.5. The van der Waals surface area contributed by atoms with Gasteiger partial charge in [0.15, 0.2) is 0 Å². The van der Waals surface area contributed by atoms with E-state index in [1.807, 2.05) is 0 Å². The summed E-state index contributed by atoms with van der Waals surface area (Å²) < 4.78 is 0. The lowest BCUT2D eigenvalue weighted by molar-refractivity contribution is -0.140. The lowest BCUT2D eigenvalue weighted by Crippen LogP contribution is -2.58. The average molecular weight is 238 g/mol. The zero-order valence-corrected chi connectivity index (χ0v) is 11.5. The van der Waals surface area contributed by atoms with Gasteiger partial charge >= 0.3 is 0 Å². The van der Waals surface area contributed by atoms with E-state index in [1.54, 1.807) is 0 Å². The van der Waals surface area contributed by atoms with Crippen molar-refractivity contribution >= 4 is 5.91 Å². The van der Waals surface area contributed by atoms with Crippen LogP contribution in [0.2, 0.25) is 0 Å². The molecule has 0 aromatic rings. The first-order valence-corrected chi connectivity index (χ1v) is 7.06. The van der Waals surface area contributed by atoms with Crippen LogP contribution < -0.4 is 5.32 Å². The first kappa shape index (κ1) is 12.9. The highest BCUT2D eigenvalue weighted by atomic mass is 16.2. The molecule has 2 aliphatic heterocycles. The number of likely N-dealkylation sites (tertiary alicyclic amines) is 1. The summed E-state index contributed by atoms with van der Waals surface area (Å²) in [4.78, 5) is 14.7. The van der Waals surface area contributed by atoms with E-state index >= 15 is 0 Å². The summed E-state index contributed by atoms with van der Waals surface area (Å²) in [7, 11) is 0. The van der Waals surface area contributed by atoms with Gasteiger partial charge in [0.05, 0.1) is 6.04 Å². The number of rotatable bonds is 1. The van der Waals surface area contributed by atoms with Gasteiger partial charge in [-0.25, -0.2) is 0 Å². The van der Waals surface area contributed by atoms with E-state index in [4.69, 9.17) is 0 Å². The van der Waals surface area contributed by atoms with Crippen LogP contribution in [0.25, 0.3) is 0 Å². The molecule has 1 N–H and O–H groups in total. The summed E-state index contributed by atoms with van der Waals surface area (Å²) in [6, 6.07) is 0.451. The molecule has 0 aromatic heterocycles. The van der Waals surface area contributed by atoms with Crippen LogP contribution in [0.15, 0.2) is 0 Å². The van der Waals surface area contributed by atoms with Gasteiger partial charge in [-0.2, -0.15) is 0 Å². The van der Waals surface area contributed by atoms with E-state index in [0.29, 0.717) is 11.9 Å². The summed E-state index contributed by atoms with van der Waals surface area (Å²) in [5, 5.41) is 3.44. The van der Waals surface area contributed by atoms with E-state index in [1.165, 1.54) is 25.7 Å². The molecule has 0 radical (unpaired) electrons. The summed E-state index contributed by atoms with van der Waals surface area (Å²) in [6.45, 7) is 8.57. The lowest BCUT2D eigenvalue weighted by atomic mass is 9.76. The summed E-state index contributed by atoms with van der Waals surface area (Å²) in [5.74, 6) is 0.335. The molecular weight excluding hydrogens is 212 g/mol. The normalized spacial score (nSPS) is 33.5. The third-order valence-corrected chi connectivity index (χ3v) is 4.46. The predicted molar refractivity (Wildman–Crippen MR) is 69.8 cm³/mol. The molecular formula is C14H26N2O. The number of piperidine rings is 2. The Hall–Kier alpha value is -0.570. The predicted octanol–water partition coefficient (Wildman–Crippen LogP) is 2.17. The number of carbonyl (C=O) groups is 1. The van der Waals surface area contributed by atoms with Crippen LogP contribution in [-0.4, -0.2) is 36.0 Å². The third-order valence-electron chi connectivity index (χ3n) is 4.46. The lowest BCUT2D eigenvalue weighted by Gasteiger charge is -2.43. The van der Waals surface area contributed by atoms with Crippen LogP contribution in [-0.2, 0) is 4.79 Å². The SMILES string of the molecule is CC1CCCCN1C(=O)C1NCCCC1(C)C. The second-order valence-corrected chi connectivity index (χ2v) is 6.36. The van der Waals surface area contributed by atoms with Crippen molar-refractivity contribution in [2.45, 2.75) is 65.0 Å². The highest BCUT2D eigenvalue weighted by molar-refractivity contribution is 5.83. The van der Waals surface area contributed by atoms with Crippen LogP contribution in [0, 0.1) is 5.41 Å². The fourth-order valence-corrected chi connectivity index (χ4v) is 3.22. The van der Waals surface area contributed by atoms with Crippen molar-refractivity contribution in [2.24, 2.45) is 5.41 Å². The van der Waals surface area contributed by atoms with Gasteiger partial charge in [0, 0.05) is 12.6 Å². The van der Waals surface area contributed by atoms with Crippen molar-refractivity contribution in [3.05, 3.63) is 0 Å². The van der Waals surface area contributed by atoms with Gasteiger partial charge in [0.2, 0.25) is 5.91 Å². The fraction of sp³-hybridized carbons (Fsp3) is 0.929. The number of carbonyl (C=O) groups excluding carboxylic acids is 1. The molecule has 2 aliphatic rings. The Kier molecular flexibility index (Phi) is 3.76. The molecule has 2 rings (SSSR count). The van der Waals surface area contributed by atoms with Gasteiger partial charge in [-0.1, -0.05) is 13.8 Å². The Bertz CT molecular complexity index is 288. The highest BCUT2D eigenvalue weighted by Crippen LogP contribution is 2.32. The van der Waals surface area contributed by atoms with E-state index in [9.17, 15) is 4.79 Å². The number of nitrogens with one attached hydrogen (secondary N) is 1. The van der Waals surface area contributed by atoms with Crippen LogP contribution in [0.4, 0.5) is 0 Å². The Morgan fingerprint density at radius 1 is 1.29 bits per heavy atom. The Morgan fingerprint density at radius 2 is 2.06 bits per heavy atom. The summed E-state index contributed by atoms with van der Waals surface area (Å²) >= 11 is 0. The molecule has 2 fully saturated rings. The topological polar surface area (TPSA) is 32.3 Å². The highest BCUT2D eigenvalue weighted by Gasteiger charge is 2.40. The standard InChI is InChI=1S/C14H26N2O/c1-11-7-4-5-10-16(11)13(17)12-14(2,3)8-6-9-15-12/h11-12,15H,4-10H2,1-3H3. The van der Waals surface area contributed by atoms with Crippen molar-refractivity contribution in [1.82, 2.24) is 10.2 Å². The molecule has 0 spiro atoms. The van der Waals surface area contributed by atoms with Gasteiger partial charge in [0.1, 0.15) is 0 Å². The number of hydrogen-bond donors (Lipinski definition) is 1. The second-order valence-electron chi connectivity index (χ2n) is 6.36. The molecule has 0 aliphatic carbocycles. The number of nitrogens with zero attached hydrogens (tertiary/aromatic N) is 1. The Morgan fingerprint density at radius 3 is 2.71 bits per heavy atom. The Labute approximate surface area is 105 Å². The quantitative estimate of drug-likeness (QED) is 0.759. The molecule has 0 aromatic carbocycles. The molecule has 2 atom stereocenters. The molecule has 2 unspecified atom stereocenters. The minimum absolute atomic E-state index is 0.0248. The molecule has 1 amide bonds. The molecule has 2 saturated heterocycles. The van der Waals surface area contributed by atoms with Crippen molar-refractivity contribution < 1.29 is 4.79 Å². The number of amides is 1. The summed E-state index contributed by atoms with van der Waals surface area (Å²) in [5.41, 5.74) is 0.104. The van der Waals surface area contributed by atoms with Crippen LogP contribution in [0.1, 0.15) is 52.9 Å². The monoisotopic (exact) mass is 238 g/mol. The van der Waals surface area contributed by atoms with Crippen molar-refractivity contribution in [3.63, 3.8) is 0 Å². The van der Waals surface area contributed by atoms with Crippen LogP contribution in [0.3, 0.4) is 0 Å². The first-order chi connectivity index (χ1) is 8.02. The van der Waals surface area contributed by atoms with Crippen LogP contribution in [0.5, 0.6) is 0 Å². The molecule has 17 heavy (non-hydrogen) atoms. The maximum atomic E-state index is 12.6. The minimum atomic E-state index is 0.0248. The molecule has 2 heterocycles. The third kappa shape index (κ3) is 2.65. The smallest absolute Gasteiger partial charge is 0.240 e. The van der Waals surface area contributed by atoms with Crippen molar-refractivity contribution in [1.29, 1.82) is 0 Å². The van der Waals surface area contributed by atoms with E-state index < -0.39 is 0 Å². The zero-order valence-electron chi connectivity index (χ0n) is 11.5. The van der Waals surface area contributed by atoms with Crippen molar-refractivity contribution in [3.8, 4) is 0 Å². The average Bonchev–Trinajstić information content (AvgIpc) is 2.28. The van der Waals surface area contributed by atoms with Gasteiger partial charge in [0.25, 0.3) is 0 Å². The van der Waals surface area contributed by atoms with Gasteiger partial charge < -0.3 is 10.2 Å². The molecule has 0 saturated carbocycles. The first-order valence-electron chi connectivity index (χ1n) is 7.06. The molecule has 3 nitrogen and oxygen atoms in total. The largest absolute Gasteiger partial charge is 0.339 e. The van der Waals surface area contributed by atoms with E-state index in [-0.39, 0.29) is 11.5 Å². The van der Waals surface area contributed by atoms with Gasteiger partial charge in [-0.3, -0.25) is 4.79 Å². The van der Waals surface area contributed by atoms with Gasteiger partial charge in [-0.05, 0) is 51.0 Å². The maximum Gasteiger partial charge on any atom is 0.240 e. The summed E-state index contributed by atoms with van der Waals surface area (Å²) in [6.07, 6.45) is 5.94.